The van der Waals surface area contributed by atoms with Crippen LogP contribution in [0.4, 0.5) is 0 Å². The second-order valence-electron chi connectivity index (χ2n) is 6.45. The summed E-state index contributed by atoms with van der Waals surface area (Å²) in [5, 5.41) is 8.82. The number of carbonyl (C=O) groups excluding carboxylic acids is 1. The van der Waals surface area contributed by atoms with Gasteiger partial charge in [0.1, 0.15) is 5.75 Å². The quantitative estimate of drug-likeness (QED) is 0.721. The van der Waals surface area contributed by atoms with E-state index >= 15 is 0 Å². The number of carbonyl (C=O) groups is 2. The number of hydrogen-bond acceptors (Lipinski definition) is 5. The number of morpholine rings is 1. The molecule has 2 aromatic carbocycles. The van der Waals surface area contributed by atoms with E-state index in [0.29, 0.717) is 31.0 Å². The fourth-order valence-corrected chi connectivity index (χ4v) is 3.00. The summed E-state index contributed by atoms with van der Waals surface area (Å²) in [4.78, 5) is 24.9. The van der Waals surface area contributed by atoms with E-state index in [-0.39, 0.29) is 24.9 Å². The van der Waals surface area contributed by atoms with Gasteiger partial charge in [0.15, 0.2) is 12.4 Å². The van der Waals surface area contributed by atoms with Crippen LogP contribution in [0.5, 0.6) is 5.75 Å². The van der Waals surface area contributed by atoms with Crippen LogP contribution < -0.4 is 4.74 Å². The van der Waals surface area contributed by atoms with E-state index in [1.165, 1.54) is 0 Å². The van der Waals surface area contributed by atoms with Crippen molar-refractivity contribution in [2.45, 2.75) is 12.5 Å². The fourth-order valence-electron chi connectivity index (χ4n) is 3.00. The molecule has 0 spiro atoms. The number of ketones is 1. The number of rotatable bonds is 8. The molecule has 0 aromatic heterocycles. The second kappa shape index (κ2) is 9.30. The molecule has 6 nitrogen and oxygen atoms in total. The molecule has 2 aromatic rings. The number of benzene rings is 2. The number of Topliss-reactive ketones (excluding diaryl/α,β-unsaturated/α-hetero) is 1. The van der Waals surface area contributed by atoms with Crippen molar-refractivity contribution in [1.29, 1.82) is 0 Å². The minimum atomic E-state index is -0.787. The number of aliphatic carboxylic acids is 1. The van der Waals surface area contributed by atoms with E-state index in [2.05, 4.69) is 4.90 Å². The Bertz CT molecular complexity index is 760. The molecule has 1 saturated heterocycles. The van der Waals surface area contributed by atoms with Gasteiger partial charge in [-0.15, -0.1) is 0 Å². The molecule has 27 heavy (non-hydrogen) atoms. The number of nitrogens with zero attached hydrogens (tertiary/aromatic N) is 1. The molecule has 1 N–H and O–H groups in total. The fraction of sp³-hybridized carbons (Fsp3) is 0.333. The summed E-state index contributed by atoms with van der Waals surface area (Å²) in [6.07, 6.45) is 0.0436. The van der Waals surface area contributed by atoms with Gasteiger partial charge in [-0.05, 0) is 17.7 Å². The Morgan fingerprint density at radius 2 is 1.85 bits per heavy atom. The number of carboxylic acid groups (broad SMARTS) is 1. The van der Waals surface area contributed by atoms with E-state index < -0.39 is 5.97 Å². The van der Waals surface area contributed by atoms with E-state index in [0.717, 1.165) is 12.1 Å². The van der Waals surface area contributed by atoms with Gasteiger partial charge in [-0.25, -0.2) is 0 Å². The van der Waals surface area contributed by atoms with Crippen LogP contribution in [-0.4, -0.2) is 54.6 Å². The van der Waals surface area contributed by atoms with Crippen molar-refractivity contribution in [3.8, 4) is 5.75 Å². The topological polar surface area (TPSA) is 76.1 Å². The number of ether oxygens (including phenoxy) is 2. The lowest BCUT2D eigenvalue weighted by molar-refractivity contribution is -0.137. The van der Waals surface area contributed by atoms with Crippen LogP contribution in [0.2, 0.25) is 0 Å². The molecule has 1 aliphatic heterocycles. The summed E-state index contributed by atoms with van der Waals surface area (Å²) in [7, 11) is 0. The van der Waals surface area contributed by atoms with Crippen molar-refractivity contribution in [2.24, 2.45) is 0 Å². The van der Waals surface area contributed by atoms with Crippen molar-refractivity contribution in [3.63, 3.8) is 0 Å². The molecule has 1 heterocycles. The molecule has 3 rings (SSSR count). The third kappa shape index (κ3) is 5.64. The highest BCUT2D eigenvalue weighted by Gasteiger charge is 2.22. The molecule has 142 valence electrons. The third-order valence-corrected chi connectivity index (χ3v) is 4.51. The first-order valence-electron chi connectivity index (χ1n) is 8.98. The molecule has 0 saturated carbocycles. The van der Waals surface area contributed by atoms with Gasteiger partial charge in [0.05, 0.1) is 19.1 Å². The van der Waals surface area contributed by atoms with Gasteiger partial charge in [0.25, 0.3) is 0 Å². The maximum Gasteiger partial charge on any atom is 0.304 e. The summed E-state index contributed by atoms with van der Waals surface area (Å²) >= 11 is 0. The summed E-state index contributed by atoms with van der Waals surface area (Å²) in [6, 6.07) is 16.6. The lowest BCUT2D eigenvalue weighted by atomic mass is 10.1. The molecular formula is C21H23NO5. The first kappa shape index (κ1) is 19.1. The van der Waals surface area contributed by atoms with Gasteiger partial charge >= 0.3 is 5.97 Å². The Morgan fingerprint density at radius 3 is 2.56 bits per heavy atom. The third-order valence-electron chi connectivity index (χ3n) is 4.51. The predicted molar refractivity (Wildman–Crippen MR) is 100 cm³/mol. The minimum absolute atomic E-state index is 0.00768. The Hall–Kier alpha value is -2.70. The van der Waals surface area contributed by atoms with Crippen LogP contribution in [-0.2, 0) is 9.53 Å². The summed E-state index contributed by atoms with van der Waals surface area (Å²) in [5.41, 5.74) is 1.64. The molecule has 0 bridgehead atoms. The van der Waals surface area contributed by atoms with Crippen molar-refractivity contribution < 1.29 is 24.2 Å². The maximum absolute atomic E-state index is 12.1. The Morgan fingerprint density at radius 1 is 1.11 bits per heavy atom. The molecule has 6 heteroatoms. The van der Waals surface area contributed by atoms with Crippen LogP contribution in [0.15, 0.2) is 54.6 Å². The predicted octanol–water partition coefficient (Wildman–Crippen LogP) is 2.80. The lowest BCUT2D eigenvalue weighted by Gasteiger charge is -2.32. The first-order chi connectivity index (χ1) is 13.1. The minimum Gasteiger partial charge on any atom is -0.485 e. The molecule has 1 fully saturated rings. The zero-order valence-corrected chi connectivity index (χ0v) is 15.0. The van der Waals surface area contributed by atoms with E-state index in [1.54, 1.807) is 12.1 Å². The monoisotopic (exact) mass is 369 g/mol. The van der Waals surface area contributed by atoms with Crippen molar-refractivity contribution in [3.05, 3.63) is 65.7 Å². The van der Waals surface area contributed by atoms with Crippen LogP contribution >= 0.6 is 0 Å². The number of carboxylic acids is 1. The molecule has 1 aliphatic rings. The normalized spacial score (nSPS) is 17.4. The molecule has 0 aliphatic carbocycles. The zero-order chi connectivity index (χ0) is 19.1. The van der Waals surface area contributed by atoms with Crippen molar-refractivity contribution in [1.82, 2.24) is 4.90 Å². The summed E-state index contributed by atoms with van der Waals surface area (Å²) < 4.78 is 11.4. The van der Waals surface area contributed by atoms with Gasteiger partial charge < -0.3 is 14.6 Å². The first-order valence-corrected chi connectivity index (χ1v) is 8.98. The van der Waals surface area contributed by atoms with Crippen molar-refractivity contribution in [2.75, 3.05) is 32.8 Å². The molecule has 0 radical (unpaired) electrons. The number of hydrogen-bond donors (Lipinski definition) is 1. The van der Waals surface area contributed by atoms with Crippen LogP contribution in [0, 0.1) is 0 Å². The molecule has 1 atom stereocenters. The molecular weight excluding hydrogens is 346 g/mol. The maximum atomic E-state index is 12.1. The Balaban J connectivity index is 1.52. The van der Waals surface area contributed by atoms with E-state index in [4.69, 9.17) is 14.6 Å². The average molecular weight is 369 g/mol. The molecule has 1 unspecified atom stereocenters. The summed E-state index contributed by atoms with van der Waals surface area (Å²) in [6.45, 7) is 2.50. The van der Waals surface area contributed by atoms with E-state index in [9.17, 15) is 9.59 Å². The van der Waals surface area contributed by atoms with Crippen LogP contribution in [0.3, 0.4) is 0 Å². The smallest absolute Gasteiger partial charge is 0.304 e. The molecule has 0 amide bonds. The SMILES string of the molecule is O=C(O)CCN1CCOC(c2ccc(OCC(=O)c3ccccc3)cc2)C1. The lowest BCUT2D eigenvalue weighted by Crippen LogP contribution is -2.39. The average Bonchev–Trinajstić information content (AvgIpc) is 2.72. The zero-order valence-electron chi connectivity index (χ0n) is 15.0. The van der Waals surface area contributed by atoms with Gasteiger partial charge in [0, 0.05) is 25.2 Å². The highest BCUT2D eigenvalue weighted by molar-refractivity contribution is 5.97. The summed E-state index contributed by atoms with van der Waals surface area (Å²) in [5.74, 6) is -0.226. The van der Waals surface area contributed by atoms with Crippen molar-refractivity contribution >= 4 is 11.8 Å². The second-order valence-corrected chi connectivity index (χ2v) is 6.45. The Kier molecular flexibility index (Phi) is 6.57. The van der Waals surface area contributed by atoms with Crippen LogP contribution in [0.25, 0.3) is 0 Å². The highest BCUT2D eigenvalue weighted by Crippen LogP contribution is 2.24. The van der Waals surface area contributed by atoms with Crippen LogP contribution in [0.1, 0.15) is 28.4 Å². The standard InChI is InChI=1S/C21H23NO5/c23-19(16-4-2-1-3-5-16)15-27-18-8-6-17(7-9-18)20-14-22(12-13-26-20)11-10-21(24)25/h1-9,20H,10-15H2,(H,24,25). The van der Waals surface area contributed by atoms with Gasteiger partial charge in [-0.3, -0.25) is 14.5 Å². The van der Waals surface area contributed by atoms with Gasteiger partial charge in [-0.1, -0.05) is 42.5 Å². The Labute approximate surface area is 158 Å². The largest absolute Gasteiger partial charge is 0.485 e. The van der Waals surface area contributed by atoms with Gasteiger partial charge in [0.2, 0.25) is 0 Å². The van der Waals surface area contributed by atoms with E-state index in [1.807, 2.05) is 42.5 Å². The van der Waals surface area contributed by atoms with Gasteiger partial charge in [-0.2, -0.15) is 0 Å². The highest BCUT2D eigenvalue weighted by atomic mass is 16.5.